The third-order valence-corrected chi connectivity index (χ3v) is 6.01. The molecular formula is C23H43NO3. The average molecular weight is 382 g/mol. The Morgan fingerprint density at radius 1 is 0.963 bits per heavy atom. The highest BCUT2D eigenvalue weighted by Crippen LogP contribution is 2.24. The van der Waals surface area contributed by atoms with Crippen molar-refractivity contribution >= 4 is 11.7 Å². The molecule has 3 atom stereocenters. The molecule has 1 heterocycles. The first-order valence-corrected chi connectivity index (χ1v) is 11.3. The number of hydrogen-bond donors (Lipinski definition) is 0. The largest absolute Gasteiger partial charge is 0.380 e. The summed E-state index contributed by atoms with van der Waals surface area (Å²) in [5.74, 6) is 0.202. The maximum Gasteiger partial charge on any atom is 0.226 e. The first kappa shape index (κ1) is 24.1. The van der Waals surface area contributed by atoms with Crippen molar-refractivity contribution in [1.82, 2.24) is 4.90 Å². The Hall–Kier alpha value is -0.900. The molecule has 0 aromatic rings. The van der Waals surface area contributed by atoms with Gasteiger partial charge in [-0.15, -0.1) is 0 Å². The van der Waals surface area contributed by atoms with E-state index in [4.69, 9.17) is 4.74 Å². The predicted molar refractivity (Wildman–Crippen MR) is 112 cm³/mol. The van der Waals surface area contributed by atoms with Gasteiger partial charge >= 0.3 is 0 Å². The molecule has 4 nitrogen and oxygen atoms in total. The number of amides is 1. The number of methoxy groups -OCH3 is 1. The lowest BCUT2D eigenvalue weighted by Crippen LogP contribution is -2.42. The zero-order valence-corrected chi connectivity index (χ0v) is 18.3. The Morgan fingerprint density at radius 3 is 1.96 bits per heavy atom. The quantitative estimate of drug-likeness (QED) is 0.350. The van der Waals surface area contributed by atoms with Crippen molar-refractivity contribution in [1.29, 1.82) is 0 Å². The van der Waals surface area contributed by atoms with Gasteiger partial charge in [-0.1, -0.05) is 84.5 Å². The number of unbranched alkanes of at least 4 members (excludes halogenated alkanes) is 10. The van der Waals surface area contributed by atoms with Gasteiger partial charge in [0.25, 0.3) is 0 Å². The molecule has 4 heteroatoms. The Labute approximate surface area is 167 Å². The molecule has 1 rings (SSSR count). The fourth-order valence-electron chi connectivity index (χ4n) is 4.12. The van der Waals surface area contributed by atoms with E-state index >= 15 is 0 Å². The summed E-state index contributed by atoms with van der Waals surface area (Å²) in [7, 11) is 1.66. The topological polar surface area (TPSA) is 46.6 Å². The maximum atomic E-state index is 12.8. The molecule has 1 amide bonds. The van der Waals surface area contributed by atoms with E-state index in [0.717, 1.165) is 12.8 Å². The lowest BCUT2D eigenvalue weighted by Gasteiger charge is -2.25. The summed E-state index contributed by atoms with van der Waals surface area (Å²) in [6, 6.07) is -0.290. The number of carbonyl (C=O) groups excluding carboxylic acids is 2. The van der Waals surface area contributed by atoms with E-state index in [1.54, 1.807) is 18.9 Å². The van der Waals surface area contributed by atoms with Gasteiger partial charge in [-0.3, -0.25) is 9.59 Å². The Bertz CT molecular complexity index is 424. The van der Waals surface area contributed by atoms with Gasteiger partial charge in [-0.2, -0.15) is 0 Å². The molecule has 1 fully saturated rings. The summed E-state index contributed by atoms with van der Waals surface area (Å²) in [5.41, 5.74) is 0. The van der Waals surface area contributed by atoms with Gasteiger partial charge in [0.1, 0.15) is 0 Å². The predicted octanol–water partition coefficient (Wildman–Crippen LogP) is 5.53. The molecule has 0 saturated carbocycles. The van der Waals surface area contributed by atoms with Gasteiger partial charge in [-0.05, 0) is 13.3 Å². The molecule has 1 saturated heterocycles. The van der Waals surface area contributed by atoms with E-state index in [0.29, 0.717) is 13.0 Å². The van der Waals surface area contributed by atoms with E-state index in [2.05, 4.69) is 6.92 Å². The molecule has 27 heavy (non-hydrogen) atoms. The minimum absolute atomic E-state index is 0.000946. The highest BCUT2D eigenvalue weighted by Gasteiger charge is 2.39. The number of nitrogens with zero attached hydrogens (tertiary/aromatic N) is 1. The highest BCUT2D eigenvalue weighted by molar-refractivity contribution is 5.89. The summed E-state index contributed by atoms with van der Waals surface area (Å²) in [6.07, 6.45) is 16.1. The zero-order valence-electron chi connectivity index (χ0n) is 18.3. The zero-order chi connectivity index (χ0) is 20.1. The van der Waals surface area contributed by atoms with E-state index < -0.39 is 0 Å². The van der Waals surface area contributed by atoms with Crippen LogP contribution in [-0.2, 0) is 14.3 Å². The summed E-state index contributed by atoms with van der Waals surface area (Å²) in [6.45, 7) is 6.41. The lowest BCUT2D eigenvalue weighted by atomic mass is 9.99. The van der Waals surface area contributed by atoms with Gasteiger partial charge in [0.2, 0.25) is 5.91 Å². The number of carbonyl (C=O) groups is 2. The minimum Gasteiger partial charge on any atom is -0.380 e. The van der Waals surface area contributed by atoms with Gasteiger partial charge in [0.15, 0.2) is 5.78 Å². The van der Waals surface area contributed by atoms with Crippen molar-refractivity contribution in [2.45, 2.75) is 116 Å². The van der Waals surface area contributed by atoms with Crippen LogP contribution < -0.4 is 0 Å². The van der Waals surface area contributed by atoms with Gasteiger partial charge < -0.3 is 9.64 Å². The first-order chi connectivity index (χ1) is 13.0. The van der Waals surface area contributed by atoms with Crippen LogP contribution in [-0.4, -0.2) is 42.4 Å². The van der Waals surface area contributed by atoms with E-state index in [9.17, 15) is 9.59 Å². The number of hydrogen-bond acceptors (Lipinski definition) is 3. The molecule has 0 radical (unpaired) electrons. The number of rotatable bonds is 15. The molecule has 1 aliphatic rings. The van der Waals surface area contributed by atoms with Gasteiger partial charge in [0, 0.05) is 26.0 Å². The normalized spacial score (nSPS) is 20.8. The van der Waals surface area contributed by atoms with E-state index in [1.165, 1.54) is 64.2 Å². The van der Waals surface area contributed by atoms with Crippen molar-refractivity contribution in [3.63, 3.8) is 0 Å². The second-order valence-electron chi connectivity index (χ2n) is 8.44. The Morgan fingerprint density at radius 2 is 1.48 bits per heavy atom. The van der Waals surface area contributed by atoms with Crippen LogP contribution in [0.5, 0.6) is 0 Å². The molecule has 1 unspecified atom stereocenters. The van der Waals surface area contributed by atoms with Crippen molar-refractivity contribution in [2.75, 3.05) is 13.7 Å². The molecular weight excluding hydrogens is 338 g/mol. The van der Waals surface area contributed by atoms with Gasteiger partial charge in [-0.25, -0.2) is 0 Å². The van der Waals surface area contributed by atoms with Crippen LogP contribution in [0.3, 0.4) is 0 Å². The smallest absolute Gasteiger partial charge is 0.226 e. The summed E-state index contributed by atoms with van der Waals surface area (Å²) >= 11 is 0. The Balaban J connectivity index is 2.13. The van der Waals surface area contributed by atoms with E-state index in [1.807, 2.05) is 6.92 Å². The standard InChI is InChI=1S/C23H43NO3/c1-5-6-7-8-9-10-11-12-13-14-15-16-19(2)23(26)24-18-21(27-4)17-22(24)20(3)25/h19,21-22H,5-18H2,1-4H3/t19?,21-,22-/m0/s1. The Kier molecular flexibility index (Phi) is 12.6. The van der Waals surface area contributed by atoms with Gasteiger partial charge in [0.05, 0.1) is 12.1 Å². The maximum absolute atomic E-state index is 12.8. The average Bonchev–Trinajstić information content (AvgIpc) is 3.10. The number of ketones is 1. The van der Waals surface area contributed by atoms with Crippen LogP contribution >= 0.6 is 0 Å². The molecule has 0 N–H and O–H groups in total. The molecule has 158 valence electrons. The first-order valence-electron chi connectivity index (χ1n) is 11.3. The third kappa shape index (κ3) is 9.23. The van der Waals surface area contributed by atoms with Crippen LogP contribution in [0.25, 0.3) is 0 Å². The van der Waals surface area contributed by atoms with Crippen molar-refractivity contribution < 1.29 is 14.3 Å². The number of ether oxygens (including phenoxy) is 1. The lowest BCUT2D eigenvalue weighted by molar-refractivity contribution is -0.140. The van der Waals surface area contributed by atoms with Crippen LogP contribution in [0.1, 0.15) is 104 Å². The number of likely N-dealkylation sites (tertiary alicyclic amines) is 1. The van der Waals surface area contributed by atoms with Crippen LogP contribution in [0.15, 0.2) is 0 Å². The van der Waals surface area contributed by atoms with E-state index in [-0.39, 0.29) is 29.8 Å². The number of Topliss-reactive ketones (excluding diaryl/α,β-unsaturated/α-hetero) is 1. The van der Waals surface area contributed by atoms with Crippen LogP contribution in [0.4, 0.5) is 0 Å². The minimum atomic E-state index is -0.290. The van der Waals surface area contributed by atoms with Crippen molar-refractivity contribution in [3.8, 4) is 0 Å². The molecule has 0 spiro atoms. The van der Waals surface area contributed by atoms with Crippen LogP contribution in [0.2, 0.25) is 0 Å². The summed E-state index contributed by atoms with van der Waals surface area (Å²) < 4.78 is 5.38. The summed E-state index contributed by atoms with van der Waals surface area (Å²) in [5, 5.41) is 0. The van der Waals surface area contributed by atoms with Crippen molar-refractivity contribution in [3.05, 3.63) is 0 Å². The molecule has 0 aromatic carbocycles. The summed E-state index contributed by atoms with van der Waals surface area (Å²) in [4.78, 5) is 26.4. The third-order valence-electron chi connectivity index (χ3n) is 6.01. The monoisotopic (exact) mass is 381 g/mol. The fraction of sp³-hybridized carbons (Fsp3) is 0.913. The molecule has 0 aliphatic carbocycles. The molecule has 0 bridgehead atoms. The van der Waals surface area contributed by atoms with Crippen molar-refractivity contribution in [2.24, 2.45) is 5.92 Å². The fourth-order valence-corrected chi connectivity index (χ4v) is 4.12. The SMILES string of the molecule is CCCCCCCCCCCCCC(C)C(=O)N1C[C@@H](OC)C[C@H]1C(C)=O. The second kappa shape index (κ2) is 14.1. The molecule has 0 aromatic heterocycles. The van der Waals surface area contributed by atoms with Crippen LogP contribution in [0, 0.1) is 5.92 Å². The molecule has 1 aliphatic heterocycles. The second-order valence-corrected chi connectivity index (χ2v) is 8.44. The highest BCUT2D eigenvalue weighted by atomic mass is 16.5.